The zero-order valence-electron chi connectivity index (χ0n) is 12.9. The second-order valence-electron chi connectivity index (χ2n) is 5.85. The van der Waals surface area contributed by atoms with E-state index in [1.54, 1.807) is 6.07 Å². The first kappa shape index (κ1) is 16.9. The van der Waals surface area contributed by atoms with Gasteiger partial charge in [-0.05, 0) is 45.9 Å². The Balaban J connectivity index is 1.83. The lowest BCUT2D eigenvalue weighted by molar-refractivity contribution is 0.278. The molecule has 0 spiro atoms. The van der Waals surface area contributed by atoms with Gasteiger partial charge in [-0.15, -0.1) is 11.3 Å². The van der Waals surface area contributed by atoms with Gasteiger partial charge in [0.05, 0.1) is 0 Å². The summed E-state index contributed by atoms with van der Waals surface area (Å²) in [6, 6.07) is 4.64. The Labute approximate surface area is 131 Å². The molecule has 1 heterocycles. The first-order valence-electron chi connectivity index (χ1n) is 7.40. The molecule has 0 bridgehead atoms. The van der Waals surface area contributed by atoms with Crippen molar-refractivity contribution < 1.29 is 8.42 Å². The van der Waals surface area contributed by atoms with Crippen molar-refractivity contribution in [3.63, 3.8) is 0 Å². The monoisotopic (exact) mass is 331 g/mol. The quantitative estimate of drug-likeness (QED) is 0.722. The summed E-state index contributed by atoms with van der Waals surface area (Å²) in [6.45, 7) is 6.09. The van der Waals surface area contributed by atoms with Crippen molar-refractivity contribution in [1.29, 1.82) is 0 Å². The molecule has 0 unspecified atom stereocenters. The average Bonchev–Trinajstić information content (AvgIpc) is 3.12. The Kier molecular flexibility index (Phi) is 5.79. The summed E-state index contributed by atoms with van der Waals surface area (Å²) in [5.74, 6) is 0. The Morgan fingerprint density at radius 2 is 2.10 bits per heavy atom. The van der Waals surface area contributed by atoms with E-state index < -0.39 is 10.0 Å². The average molecular weight is 332 g/mol. The molecule has 0 amide bonds. The molecule has 7 heteroatoms. The smallest absolute Gasteiger partial charge is 0.250 e. The van der Waals surface area contributed by atoms with Crippen LogP contribution in [0.15, 0.2) is 16.3 Å². The minimum absolute atomic E-state index is 0.405. The highest BCUT2D eigenvalue weighted by Gasteiger charge is 2.21. The highest BCUT2D eigenvalue weighted by atomic mass is 32.2. The van der Waals surface area contributed by atoms with Crippen LogP contribution in [0.4, 0.5) is 0 Å². The Morgan fingerprint density at radius 3 is 2.71 bits per heavy atom. The summed E-state index contributed by atoms with van der Waals surface area (Å²) < 4.78 is 27.5. The van der Waals surface area contributed by atoms with E-state index in [1.165, 1.54) is 24.2 Å². The topological polar surface area (TPSA) is 61.4 Å². The van der Waals surface area contributed by atoms with Gasteiger partial charge >= 0.3 is 0 Å². The van der Waals surface area contributed by atoms with Crippen molar-refractivity contribution in [1.82, 2.24) is 14.9 Å². The van der Waals surface area contributed by atoms with Crippen molar-refractivity contribution in [2.24, 2.45) is 0 Å². The SMILES string of the molecule is CC(C)N(C)CCNS(=O)(=O)c1ccc(CNC2CC2)s1. The lowest BCUT2D eigenvalue weighted by Crippen LogP contribution is -2.35. The highest BCUT2D eigenvalue weighted by molar-refractivity contribution is 7.91. The number of likely N-dealkylation sites (N-methyl/N-ethyl adjacent to an activating group) is 1. The van der Waals surface area contributed by atoms with Gasteiger partial charge in [-0.3, -0.25) is 0 Å². The third kappa shape index (κ3) is 5.34. The molecule has 0 aromatic carbocycles. The van der Waals surface area contributed by atoms with E-state index in [4.69, 9.17) is 0 Å². The summed E-state index contributed by atoms with van der Waals surface area (Å²) in [7, 11) is -1.38. The second kappa shape index (κ2) is 7.19. The zero-order chi connectivity index (χ0) is 15.5. The molecule has 1 aromatic heterocycles. The van der Waals surface area contributed by atoms with Gasteiger partial charge in [0.25, 0.3) is 0 Å². The third-order valence-electron chi connectivity index (χ3n) is 3.68. The van der Waals surface area contributed by atoms with Crippen molar-refractivity contribution in [3.05, 3.63) is 17.0 Å². The van der Waals surface area contributed by atoms with Crippen LogP contribution in [-0.4, -0.2) is 45.5 Å². The number of hydrogen-bond donors (Lipinski definition) is 2. The van der Waals surface area contributed by atoms with Crippen LogP contribution in [0.25, 0.3) is 0 Å². The molecular weight excluding hydrogens is 306 g/mol. The molecule has 0 saturated heterocycles. The van der Waals surface area contributed by atoms with Crippen LogP contribution in [0.2, 0.25) is 0 Å². The van der Waals surface area contributed by atoms with Crippen molar-refractivity contribution in [3.8, 4) is 0 Å². The zero-order valence-corrected chi connectivity index (χ0v) is 14.6. The fourth-order valence-corrected chi connectivity index (χ4v) is 4.19. The van der Waals surface area contributed by atoms with Gasteiger partial charge in [0.2, 0.25) is 10.0 Å². The van der Waals surface area contributed by atoms with Crippen molar-refractivity contribution in [2.45, 2.75) is 49.5 Å². The number of hydrogen-bond acceptors (Lipinski definition) is 5. The maximum Gasteiger partial charge on any atom is 0.250 e. The van der Waals surface area contributed by atoms with Gasteiger partial charge in [0, 0.05) is 36.6 Å². The molecular formula is C14H25N3O2S2. The second-order valence-corrected chi connectivity index (χ2v) is 9.01. The molecule has 5 nitrogen and oxygen atoms in total. The first-order chi connectivity index (χ1) is 9.88. The molecule has 1 aromatic rings. The van der Waals surface area contributed by atoms with E-state index in [2.05, 4.69) is 28.8 Å². The molecule has 1 aliphatic carbocycles. The van der Waals surface area contributed by atoms with E-state index in [0.717, 1.165) is 11.4 Å². The molecule has 120 valence electrons. The van der Waals surface area contributed by atoms with Crippen molar-refractivity contribution in [2.75, 3.05) is 20.1 Å². The Morgan fingerprint density at radius 1 is 1.38 bits per heavy atom. The normalized spacial score (nSPS) is 16.0. The predicted octanol–water partition coefficient (Wildman–Crippen LogP) is 1.62. The molecule has 0 radical (unpaired) electrons. The summed E-state index contributed by atoms with van der Waals surface area (Å²) in [5, 5.41) is 3.40. The number of nitrogens with one attached hydrogen (secondary N) is 2. The molecule has 2 N–H and O–H groups in total. The van der Waals surface area contributed by atoms with Gasteiger partial charge < -0.3 is 10.2 Å². The number of nitrogens with zero attached hydrogens (tertiary/aromatic N) is 1. The lowest BCUT2D eigenvalue weighted by Gasteiger charge is -2.20. The highest BCUT2D eigenvalue weighted by Crippen LogP contribution is 2.24. The lowest BCUT2D eigenvalue weighted by atomic mass is 10.3. The summed E-state index contributed by atoms with van der Waals surface area (Å²) in [5.41, 5.74) is 0. The molecule has 1 fully saturated rings. The molecule has 0 atom stereocenters. The van der Waals surface area contributed by atoms with Crippen LogP contribution < -0.4 is 10.0 Å². The fourth-order valence-electron chi connectivity index (χ4n) is 1.82. The number of rotatable bonds is 9. The molecule has 1 saturated carbocycles. The minimum atomic E-state index is -3.37. The van der Waals surface area contributed by atoms with Gasteiger partial charge in [0.1, 0.15) is 4.21 Å². The summed E-state index contributed by atoms with van der Waals surface area (Å²) in [6.07, 6.45) is 2.48. The Hall–Kier alpha value is -0.470. The van der Waals surface area contributed by atoms with Crippen LogP contribution >= 0.6 is 11.3 Å². The first-order valence-corrected chi connectivity index (χ1v) is 9.70. The van der Waals surface area contributed by atoms with Crippen LogP contribution in [-0.2, 0) is 16.6 Å². The molecule has 21 heavy (non-hydrogen) atoms. The van der Waals surface area contributed by atoms with E-state index in [1.807, 2.05) is 13.1 Å². The maximum atomic E-state index is 12.2. The van der Waals surface area contributed by atoms with E-state index in [0.29, 0.717) is 29.4 Å². The van der Waals surface area contributed by atoms with Gasteiger partial charge in [-0.1, -0.05) is 0 Å². The maximum absolute atomic E-state index is 12.2. The van der Waals surface area contributed by atoms with Crippen LogP contribution in [0.3, 0.4) is 0 Å². The number of thiophene rings is 1. The standard InChI is InChI=1S/C14H25N3O2S2/c1-11(2)17(3)9-8-16-21(18,19)14-7-6-13(20-14)10-15-12-4-5-12/h6-7,11-12,15-16H,4-5,8-10H2,1-3H3. The summed E-state index contributed by atoms with van der Waals surface area (Å²) >= 11 is 1.35. The van der Waals surface area contributed by atoms with E-state index >= 15 is 0 Å². The van der Waals surface area contributed by atoms with Crippen LogP contribution in [0.5, 0.6) is 0 Å². The molecule has 2 rings (SSSR count). The largest absolute Gasteiger partial charge is 0.309 e. The third-order valence-corrected chi connectivity index (χ3v) is 6.72. The van der Waals surface area contributed by atoms with E-state index in [-0.39, 0.29) is 0 Å². The van der Waals surface area contributed by atoms with Gasteiger partial charge in [0.15, 0.2) is 0 Å². The molecule has 1 aliphatic rings. The van der Waals surface area contributed by atoms with Gasteiger partial charge in [-0.25, -0.2) is 13.1 Å². The van der Waals surface area contributed by atoms with Crippen molar-refractivity contribution >= 4 is 21.4 Å². The number of sulfonamides is 1. The van der Waals surface area contributed by atoms with E-state index in [9.17, 15) is 8.42 Å². The summed E-state index contributed by atoms with van der Waals surface area (Å²) in [4.78, 5) is 3.18. The fraction of sp³-hybridized carbons (Fsp3) is 0.714. The van der Waals surface area contributed by atoms with Gasteiger partial charge in [-0.2, -0.15) is 0 Å². The molecule has 0 aliphatic heterocycles. The Bertz CT molecular complexity index is 550. The van der Waals surface area contributed by atoms with Crippen LogP contribution in [0, 0.1) is 0 Å². The predicted molar refractivity (Wildman–Crippen MR) is 87.1 cm³/mol. The van der Waals surface area contributed by atoms with Crippen LogP contribution in [0.1, 0.15) is 31.6 Å². The minimum Gasteiger partial charge on any atom is -0.309 e.